The van der Waals surface area contributed by atoms with E-state index in [-0.39, 0.29) is 12.1 Å². The van der Waals surface area contributed by atoms with Gasteiger partial charge in [0.1, 0.15) is 5.82 Å². The molecule has 3 heterocycles. The van der Waals surface area contributed by atoms with Gasteiger partial charge in [0.05, 0.1) is 25.4 Å². The molecule has 116 valence electrons. The van der Waals surface area contributed by atoms with Gasteiger partial charge >= 0.3 is 0 Å². The standard InChI is InChI=1S/C16H25N3O2/c1-18(2)16-9-13(3-6-17-16)12-4-7-19(8-5-12)14-10-21-11-15(14)20/h3,6,9,12,14-15,20H,4-5,7-8,10-11H2,1-2H3. The highest BCUT2D eigenvalue weighted by Crippen LogP contribution is 2.31. The molecule has 2 atom stereocenters. The van der Waals surface area contributed by atoms with Crippen LogP contribution in [0.2, 0.25) is 0 Å². The summed E-state index contributed by atoms with van der Waals surface area (Å²) in [6, 6.07) is 4.54. The molecule has 21 heavy (non-hydrogen) atoms. The Balaban J connectivity index is 1.61. The summed E-state index contributed by atoms with van der Waals surface area (Å²) in [6.45, 7) is 3.23. The van der Waals surface area contributed by atoms with Crippen LogP contribution in [-0.4, -0.2) is 67.5 Å². The number of aromatic nitrogens is 1. The lowest BCUT2D eigenvalue weighted by molar-refractivity contribution is 0.0663. The van der Waals surface area contributed by atoms with Crippen molar-refractivity contribution in [3.63, 3.8) is 0 Å². The van der Waals surface area contributed by atoms with E-state index < -0.39 is 0 Å². The van der Waals surface area contributed by atoms with Crippen LogP contribution in [0.25, 0.3) is 0 Å². The fourth-order valence-corrected chi connectivity index (χ4v) is 3.38. The number of aliphatic hydroxyl groups excluding tert-OH is 1. The van der Waals surface area contributed by atoms with E-state index >= 15 is 0 Å². The van der Waals surface area contributed by atoms with Gasteiger partial charge in [0.25, 0.3) is 0 Å². The largest absolute Gasteiger partial charge is 0.389 e. The predicted octanol–water partition coefficient (Wildman–Crippen LogP) is 1.09. The lowest BCUT2D eigenvalue weighted by Crippen LogP contribution is -2.46. The quantitative estimate of drug-likeness (QED) is 0.903. The fourth-order valence-electron chi connectivity index (χ4n) is 3.38. The van der Waals surface area contributed by atoms with Gasteiger partial charge in [-0.3, -0.25) is 4.90 Å². The van der Waals surface area contributed by atoms with Crippen molar-refractivity contribution in [3.8, 4) is 0 Å². The number of ether oxygens (including phenoxy) is 1. The summed E-state index contributed by atoms with van der Waals surface area (Å²) < 4.78 is 5.37. The van der Waals surface area contributed by atoms with Gasteiger partial charge in [0.2, 0.25) is 0 Å². The van der Waals surface area contributed by atoms with E-state index in [1.807, 2.05) is 25.2 Å². The molecule has 5 heteroatoms. The molecular formula is C16H25N3O2. The molecule has 1 aromatic rings. The van der Waals surface area contributed by atoms with E-state index in [2.05, 4.69) is 22.0 Å². The minimum atomic E-state index is -0.317. The Morgan fingerprint density at radius 1 is 1.29 bits per heavy atom. The third-order valence-electron chi connectivity index (χ3n) is 4.72. The van der Waals surface area contributed by atoms with E-state index in [0.29, 0.717) is 19.1 Å². The summed E-state index contributed by atoms with van der Waals surface area (Å²) >= 11 is 0. The van der Waals surface area contributed by atoms with Crippen LogP contribution in [0.1, 0.15) is 24.3 Å². The van der Waals surface area contributed by atoms with Crippen LogP contribution in [0.5, 0.6) is 0 Å². The first kappa shape index (κ1) is 14.8. The average molecular weight is 291 g/mol. The van der Waals surface area contributed by atoms with Crippen molar-refractivity contribution in [2.45, 2.75) is 30.9 Å². The second-order valence-corrected chi connectivity index (χ2v) is 6.32. The molecule has 0 spiro atoms. The summed E-state index contributed by atoms with van der Waals surface area (Å²) in [5.74, 6) is 1.62. The molecule has 1 aromatic heterocycles. The molecule has 2 unspecified atom stereocenters. The van der Waals surface area contributed by atoms with Crippen molar-refractivity contribution in [1.29, 1.82) is 0 Å². The smallest absolute Gasteiger partial charge is 0.128 e. The zero-order valence-corrected chi connectivity index (χ0v) is 12.9. The monoisotopic (exact) mass is 291 g/mol. The first-order valence-electron chi connectivity index (χ1n) is 7.78. The molecule has 2 aliphatic rings. The van der Waals surface area contributed by atoms with Gasteiger partial charge in [-0.15, -0.1) is 0 Å². The second kappa shape index (κ2) is 6.30. The fraction of sp³-hybridized carbons (Fsp3) is 0.688. The maximum atomic E-state index is 9.94. The Labute approximate surface area is 126 Å². The van der Waals surface area contributed by atoms with Crippen LogP contribution >= 0.6 is 0 Å². The topological polar surface area (TPSA) is 48.8 Å². The number of pyridine rings is 1. The van der Waals surface area contributed by atoms with Gasteiger partial charge in [0, 0.05) is 20.3 Å². The van der Waals surface area contributed by atoms with Crippen LogP contribution in [0.15, 0.2) is 18.3 Å². The van der Waals surface area contributed by atoms with Crippen molar-refractivity contribution in [1.82, 2.24) is 9.88 Å². The summed E-state index contributed by atoms with van der Waals surface area (Å²) in [4.78, 5) is 8.83. The lowest BCUT2D eigenvalue weighted by Gasteiger charge is -2.36. The molecule has 0 bridgehead atoms. The summed E-state index contributed by atoms with van der Waals surface area (Å²) in [6.07, 6.45) is 3.87. The molecule has 0 aromatic carbocycles. The molecule has 1 N–H and O–H groups in total. The van der Waals surface area contributed by atoms with E-state index in [1.54, 1.807) is 0 Å². The SMILES string of the molecule is CN(C)c1cc(C2CCN(C3COCC3O)CC2)ccn1. The minimum Gasteiger partial charge on any atom is -0.389 e. The van der Waals surface area contributed by atoms with E-state index in [0.717, 1.165) is 31.7 Å². The number of nitrogens with zero attached hydrogens (tertiary/aromatic N) is 3. The molecule has 2 saturated heterocycles. The molecule has 2 fully saturated rings. The molecule has 0 radical (unpaired) electrons. The Morgan fingerprint density at radius 3 is 2.67 bits per heavy atom. The molecule has 0 aliphatic carbocycles. The number of rotatable bonds is 3. The van der Waals surface area contributed by atoms with E-state index in [1.165, 1.54) is 5.56 Å². The molecule has 3 rings (SSSR count). The van der Waals surface area contributed by atoms with Crippen LogP contribution in [0.4, 0.5) is 5.82 Å². The van der Waals surface area contributed by atoms with Gasteiger partial charge in [-0.05, 0) is 49.5 Å². The van der Waals surface area contributed by atoms with Crippen LogP contribution in [0.3, 0.4) is 0 Å². The third kappa shape index (κ3) is 3.20. The molecule has 0 amide bonds. The molecule has 5 nitrogen and oxygen atoms in total. The highest BCUT2D eigenvalue weighted by molar-refractivity contribution is 5.40. The normalized spacial score (nSPS) is 28.0. The van der Waals surface area contributed by atoms with Crippen molar-refractivity contribution >= 4 is 5.82 Å². The van der Waals surface area contributed by atoms with Gasteiger partial charge in [-0.25, -0.2) is 4.98 Å². The van der Waals surface area contributed by atoms with E-state index in [9.17, 15) is 5.11 Å². The van der Waals surface area contributed by atoms with Crippen LogP contribution in [-0.2, 0) is 4.74 Å². The van der Waals surface area contributed by atoms with Gasteiger partial charge in [-0.2, -0.15) is 0 Å². The molecular weight excluding hydrogens is 266 g/mol. The Morgan fingerprint density at radius 2 is 2.05 bits per heavy atom. The van der Waals surface area contributed by atoms with Gasteiger partial charge < -0.3 is 14.7 Å². The van der Waals surface area contributed by atoms with E-state index in [4.69, 9.17) is 4.74 Å². The van der Waals surface area contributed by atoms with Crippen LogP contribution < -0.4 is 4.90 Å². The van der Waals surface area contributed by atoms with Crippen molar-refractivity contribution in [2.24, 2.45) is 0 Å². The lowest BCUT2D eigenvalue weighted by atomic mass is 9.89. The molecule has 2 aliphatic heterocycles. The highest BCUT2D eigenvalue weighted by Gasteiger charge is 2.34. The number of likely N-dealkylation sites (tertiary alicyclic amines) is 1. The Hall–Kier alpha value is -1.17. The average Bonchev–Trinajstić information content (AvgIpc) is 2.94. The Kier molecular flexibility index (Phi) is 4.42. The second-order valence-electron chi connectivity index (χ2n) is 6.32. The zero-order valence-electron chi connectivity index (χ0n) is 12.9. The van der Waals surface area contributed by atoms with Gasteiger partial charge in [0.15, 0.2) is 0 Å². The number of hydrogen-bond acceptors (Lipinski definition) is 5. The first-order valence-corrected chi connectivity index (χ1v) is 7.78. The summed E-state index contributed by atoms with van der Waals surface area (Å²) in [7, 11) is 4.05. The maximum absolute atomic E-state index is 9.94. The van der Waals surface area contributed by atoms with Gasteiger partial charge in [-0.1, -0.05) is 0 Å². The number of piperidine rings is 1. The summed E-state index contributed by atoms with van der Waals surface area (Å²) in [5.41, 5.74) is 1.39. The third-order valence-corrected chi connectivity index (χ3v) is 4.72. The summed E-state index contributed by atoms with van der Waals surface area (Å²) in [5, 5.41) is 9.94. The highest BCUT2D eigenvalue weighted by atomic mass is 16.5. The maximum Gasteiger partial charge on any atom is 0.128 e. The van der Waals surface area contributed by atoms with Crippen molar-refractivity contribution in [3.05, 3.63) is 23.9 Å². The Bertz CT molecular complexity index is 472. The predicted molar refractivity (Wildman–Crippen MR) is 82.7 cm³/mol. The first-order chi connectivity index (χ1) is 10.1. The van der Waals surface area contributed by atoms with Crippen LogP contribution in [0, 0.1) is 0 Å². The number of aliphatic hydroxyl groups is 1. The number of hydrogen-bond donors (Lipinski definition) is 1. The van der Waals surface area contributed by atoms with Crippen molar-refractivity contribution < 1.29 is 9.84 Å². The molecule has 0 saturated carbocycles. The van der Waals surface area contributed by atoms with Crippen molar-refractivity contribution in [2.75, 3.05) is 45.3 Å². The zero-order chi connectivity index (χ0) is 14.8. The number of anilines is 1. The minimum absolute atomic E-state index is 0.195.